The predicted molar refractivity (Wildman–Crippen MR) is 101 cm³/mol. The summed E-state index contributed by atoms with van der Waals surface area (Å²) in [4.78, 5) is 24.6. The molecule has 7 nitrogen and oxygen atoms in total. The van der Waals surface area contributed by atoms with Crippen LogP contribution in [0.3, 0.4) is 0 Å². The third-order valence-electron chi connectivity index (χ3n) is 4.14. The minimum absolute atomic E-state index is 0.0498. The molecule has 1 heterocycles. The van der Waals surface area contributed by atoms with Crippen molar-refractivity contribution in [1.82, 2.24) is 9.78 Å². The maximum absolute atomic E-state index is 13.3. The number of hydrogen-bond acceptors (Lipinski definition) is 4. The van der Waals surface area contributed by atoms with E-state index in [0.717, 1.165) is 0 Å². The van der Waals surface area contributed by atoms with Crippen LogP contribution in [0.15, 0.2) is 48.5 Å². The van der Waals surface area contributed by atoms with Crippen LogP contribution in [0.4, 0.5) is 10.1 Å². The van der Waals surface area contributed by atoms with Crippen molar-refractivity contribution in [2.24, 2.45) is 0 Å². The highest BCUT2D eigenvalue weighted by atomic mass is 19.1. The Labute approximate surface area is 160 Å². The molecule has 0 radical (unpaired) electrons. The van der Waals surface area contributed by atoms with Crippen LogP contribution < -0.4 is 10.1 Å². The zero-order valence-electron chi connectivity index (χ0n) is 15.3. The number of carbonyl (C=O) groups excluding carboxylic acids is 1. The Morgan fingerprint density at radius 3 is 2.54 bits per heavy atom. The maximum Gasteiger partial charge on any atom is 0.356 e. The largest absolute Gasteiger partial charge is 0.497 e. The molecule has 0 aliphatic heterocycles. The second-order valence-corrected chi connectivity index (χ2v) is 5.89. The van der Waals surface area contributed by atoms with Gasteiger partial charge < -0.3 is 15.2 Å². The summed E-state index contributed by atoms with van der Waals surface area (Å²) >= 11 is 0. The molecule has 1 amide bonds. The highest BCUT2D eigenvalue weighted by Gasteiger charge is 2.25. The van der Waals surface area contributed by atoms with Gasteiger partial charge in [-0.25, -0.2) is 9.18 Å². The number of ether oxygens (including phenoxy) is 1. The lowest BCUT2D eigenvalue weighted by molar-refractivity contribution is 0.0684. The quantitative estimate of drug-likeness (QED) is 0.677. The van der Waals surface area contributed by atoms with E-state index < -0.39 is 17.7 Å². The average molecular weight is 383 g/mol. The number of halogens is 1. The van der Waals surface area contributed by atoms with Crippen LogP contribution in [0.5, 0.6) is 5.75 Å². The Bertz CT molecular complexity index is 1030. The average Bonchev–Trinajstić information content (AvgIpc) is 3.07. The second-order valence-electron chi connectivity index (χ2n) is 5.89. The molecule has 0 atom stereocenters. The number of carbonyl (C=O) groups is 2. The number of hydrogen-bond donors (Lipinski definition) is 2. The Hall–Kier alpha value is -3.68. The van der Waals surface area contributed by atoms with Gasteiger partial charge in [0.05, 0.1) is 7.11 Å². The SMILES string of the molecule is CCn1nc(-c2ccc(F)cc2)c(NC(=O)c2cccc(OC)c2)c1C(=O)O. The number of rotatable bonds is 6. The molecule has 0 unspecified atom stereocenters. The summed E-state index contributed by atoms with van der Waals surface area (Å²) in [6, 6.07) is 11.9. The standard InChI is InChI=1S/C20H18FN3O4/c1-3-24-18(20(26)27)17(16(23-24)12-7-9-14(21)10-8-12)22-19(25)13-5-4-6-15(11-13)28-2/h4-11H,3H2,1-2H3,(H,22,25)(H,26,27). The van der Waals surface area contributed by atoms with E-state index in [1.165, 1.54) is 42.1 Å². The third-order valence-corrected chi connectivity index (χ3v) is 4.14. The minimum atomic E-state index is -1.23. The number of aromatic carboxylic acids is 1. The van der Waals surface area contributed by atoms with Gasteiger partial charge in [0.25, 0.3) is 5.91 Å². The van der Waals surface area contributed by atoms with Crippen molar-refractivity contribution in [1.29, 1.82) is 0 Å². The predicted octanol–water partition coefficient (Wildman–Crippen LogP) is 3.67. The van der Waals surface area contributed by atoms with Gasteiger partial charge in [-0.1, -0.05) is 6.07 Å². The van der Waals surface area contributed by atoms with Crippen LogP contribution in [-0.4, -0.2) is 33.9 Å². The van der Waals surface area contributed by atoms with E-state index in [9.17, 15) is 19.1 Å². The molecular weight excluding hydrogens is 365 g/mol. The summed E-state index contributed by atoms with van der Waals surface area (Å²) in [5.41, 5.74) is 0.921. The molecule has 2 aromatic carbocycles. The topological polar surface area (TPSA) is 93.5 Å². The van der Waals surface area contributed by atoms with Crippen molar-refractivity contribution >= 4 is 17.6 Å². The molecule has 3 rings (SSSR count). The molecule has 1 aromatic heterocycles. The lowest BCUT2D eigenvalue weighted by Gasteiger charge is -2.09. The van der Waals surface area contributed by atoms with Gasteiger partial charge >= 0.3 is 5.97 Å². The number of amides is 1. The zero-order valence-corrected chi connectivity index (χ0v) is 15.3. The van der Waals surface area contributed by atoms with E-state index in [1.54, 1.807) is 25.1 Å². The van der Waals surface area contributed by atoms with Crippen molar-refractivity contribution in [2.75, 3.05) is 12.4 Å². The Balaban J connectivity index is 2.09. The smallest absolute Gasteiger partial charge is 0.356 e. The van der Waals surface area contributed by atoms with Crippen LogP contribution in [0.2, 0.25) is 0 Å². The number of methoxy groups -OCH3 is 1. The zero-order chi connectivity index (χ0) is 20.3. The maximum atomic E-state index is 13.3. The monoisotopic (exact) mass is 383 g/mol. The number of nitrogens with zero attached hydrogens (tertiary/aromatic N) is 2. The van der Waals surface area contributed by atoms with Crippen molar-refractivity contribution < 1.29 is 23.8 Å². The first-order chi connectivity index (χ1) is 13.4. The number of benzene rings is 2. The van der Waals surface area contributed by atoms with Gasteiger partial charge in [-0.3, -0.25) is 9.48 Å². The molecule has 0 spiro atoms. The molecule has 0 bridgehead atoms. The summed E-state index contributed by atoms with van der Waals surface area (Å²) in [7, 11) is 1.48. The molecule has 0 saturated heterocycles. The van der Waals surface area contributed by atoms with Crippen molar-refractivity contribution in [2.45, 2.75) is 13.5 Å². The van der Waals surface area contributed by atoms with Crippen molar-refractivity contribution in [3.8, 4) is 17.0 Å². The van der Waals surface area contributed by atoms with Crippen molar-refractivity contribution in [3.05, 3.63) is 65.6 Å². The molecule has 0 aliphatic rings. The van der Waals surface area contributed by atoms with Gasteiger partial charge in [0.15, 0.2) is 5.69 Å². The van der Waals surface area contributed by atoms with Crippen LogP contribution in [0, 0.1) is 5.82 Å². The van der Waals surface area contributed by atoms with E-state index in [4.69, 9.17) is 4.74 Å². The first kappa shape index (κ1) is 19.1. The Kier molecular flexibility index (Phi) is 5.39. The minimum Gasteiger partial charge on any atom is -0.497 e. The summed E-state index contributed by atoms with van der Waals surface area (Å²) in [6.07, 6.45) is 0. The molecule has 0 fully saturated rings. The summed E-state index contributed by atoms with van der Waals surface area (Å²) in [5, 5.41) is 16.6. The lowest BCUT2D eigenvalue weighted by Crippen LogP contribution is -2.16. The van der Waals surface area contributed by atoms with Crippen LogP contribution in [0.25, 0.3) is 11.3 Å². The van der Waals surface area contributed by atoms with E-state index >= 15 is 0 Å². The highest BCUT2D eigenvalue weighted by molar-refractivity contribution is 6.10. The van der Waals surface area contributed by atoms with E-state index in [2.05, 4.69) is 10.4 Å². The summed E-state index contributed by atoms with van der Waals surface area (Å²) in [5.74, 6) is -1.68. The number of aryl methyl sites for hydroxylation is 1. The van der Waals surface area contributed by atoms with Crippen molar-refractivity contribution in [3.63, 3.8) is 0 Å². The lowest BCUT2D eigenvalue weighted by atomic mass is 10.1. The van der Waals surface area contributed by atoms with Crippen LogP contribution >= 0.6 is 0 Å². The second kappa shape index (κ2) is 7.91. The number of anilines is 1. The van der Waals surface area contributed by atoms with Gasteiger partial charge in [0.1, 0.15) is 22.9 Å². The number of carboxylic acids is 1. The fourth-order valence-corrected chi connectivity index (χ4v) is 2.79. The fraction of sp³-hybridized carbons (Fsp3) is 0.150. The molecule has 144 valence electrons. The van der Waals surface area contributed by atoms with E-state index in [1.807, 2.05) is 0 Å². The van der Waals surface area contributed by atoms with Gasteiger partial charge in [-0.15, -0.1) is 0 Å². The third kappa shape index (κ3) is 3.71. The highest BCUT2D eigenvalue weighted by Crippen LogP contribution is 2.31. The molecular formula is C20H18FN3O4. The molecule has 2 N–H and O–H groups in total. The Morgan fingerprint density at radius 1 is 1.21 bits per heavy atom. The number of carboxylic acid groups (broad SMARTS) is 1. The first-order valence-electron chi connectivity index (χ1n) is 8.50. The molecule has 3 aromatic rings. The number of aromatic nitrogens is 2. The molecule has 8 heteroatoms. The van der Waals surface area contributed by atoms with Crippen LogP contribution in [-0.2, 0) is 6.54 Å². The van der Waals surface area contributed by atoms with E-state index in [-0.39, 0.29) is 23.6 Å². The number of nitrogens with one attached hydrogen (secondary N) is 1. The molecule has 28 heavy (non-hydrogen) atoms. The summed E-state index contributed by atoms with van der Waals surface area (Å²) < 4.78 is 19.7. The normalized spacial score (nSPS) is 10.5. The van der Waals surface area contributed by atoms with Gasteiger partial charge in [-0.2, -0.15) is 5.10 Å². The summed E-state index contributed by atoms with van der Waals surface area (Å²) in [6.45, 7) is 2.02. The molecule has 0 saturated carbocycles. The fourth-order valence-electron chi connectivity index (χ4n) is 2.79. The first-order valence-corrected chi connectivity index (χ1v) is 8.50. The molecule has 0 aliphatic carbocycles. The van der Waals surface area contributed by atoms with Crippen LogP contribution in [0.1, 0.15) is 27.8 Å². The van der Waals surface area contributed by atoms with E-state index in [0.29, 0.717) is 16.9 Å². The van der Waals surface area contributed by atoms with Gasteiger partial charge in [0.2, 0.25) is 0 Å². The van der Waals surface area contributed by atoms with Gasteiger partial charge in [0, 0.05) is 17.7 Å². The Morgan fingerprint density at radius 2 is 1.93 bits per heavy atom. The van der Waals surface area contributed by atoms with Gasteiger partial charge in [-0.05, 0) is 49.4 Å².